The van der Waals surface area contributed by atoms with Crippen LogP contribution in [0.2, 0.25) is 0 Å². The summed E-state index contributed by atoms with van der Waals surface area (Å²) in [7, 11) is -1.33. The molecule has 1 fully saturated rings. The van der Waals surface area contributed by atoms with Gasteiger partial charge in [-0.1, -0.05) is 18.2 Å². The molecule has 0 bridgehead atoms. The lowest BCUT2D eigenvalue weighted by molar-refractivity contribution is -0.129. The molecule has 0 aliphatic carbocycles. The van der Waals surface area contributed by atoms with Gasteiger partial charge in [-0.05, 0) is 32.4 Å². The maximum absolute atomic E-state index is 12.5. The van der Waals surface area contributed by atoms with Crippen LogP contribution in [0.3, 0.4) is 0 Å². The van der Waals surface area contributed by atoms with Gasteiger partial charge in [0, 0.05) is 30.4 Å². The van der Waals surface area contributed by atoms with E-state index in [2.05, 4.69) is 10.4 Å². The van der Waals surface area contributed by atoms with Gasteiger partial charge in [-0.3, -0.25) is 14.3 Å². The molecule has 0 spiro atoms. The van der Waals surface area contributed by atoms with Crippen molar-refractivity contribution in [3.05, 3.63) is 52.8 Å². The molecule has 1 aromatic carbocycles. The molecular formula is C20H26N4O4S. The van der Waals surface area contributed by atoms with E-state index in [0.717, 1.165) is 17.0 Å². The molecule has 2 amide bonds. The van der Waals surface area contributed by atoms with E-state index in [-0.39, 0.29) is 35.9 Å². The second-order valence-electron chi connectivity index (χ2n) is 7.45. The van der Waals surface area contributed by atoms with Crippen molar-refractivity contribution in [2.45, 2.75) is 32.9 Å². The van der Waals surface area contributed by atoms with Crippen molar-refractivity contribution >= 4 is 21.7 Å². The lowest BCUT2D eigenvalue weighted by Crippen LogP contribution is -2.38. The highest BCUT2D eigenvalue weighted by Gasteiger charge is 2.31. The third-order valence-corrected chi connectivity index (χ3v) is 7.04. The maximum Gasteiger partial charge on any atom is 0.251 e. The Morgan fingerprint density at radius 3 is 2.55 bits per heavy atom. The number of hydrogen-bond donors (Lipinski definition) is 1. The van der Waals surface area contributed by atoms with E-state index in [1.165, 1.54) is 4.90 Å². The summed E-state index contributed by atoms with van der Waals surface area (Å²) < 4.78 is 25.4. The van der Waals surface area contributed by atoms with Crippen molar-refractivity contribution < 1.29 is 18.0 Å². The first kappa shape index (κ1) is 21.0. The highest BCUT2D eigenvalue weighted by atomic mass is 32.2. The number of benzene rings is 1. The Bertz CT molecular complexity index is 1010. The minimum Gasteiger partial charge on any atom is -0.343 e. The number of hydrogen-bond acceptors (Lipinski definition) is 5. The molecular weight excluding hydrogens is 392 g/mol. The Hall–Kier alpha value is -2.68. The lowest BCUT2D eigenvalue weighted by Gasteiger charge is -2.18. The van der Waals surface area contributed by atoms with E-state index in [4.69, 9.17) is 0 Å². The van der Waals surface area contributed by atoms with Crippen LogP contribution in [0.4, 0.5) is 0 Å². The highest BCUT2D eigenvalue weighted by Crippen LogP contribution is 2.27. The van der Waals surface area contributed by atoms with Crippen molar-refractivity contribution in [3.8, 4) is 0 Å². The van der Waals surface area contributed by atoms with Crippen LogP contribution < -0.4 is 5.32 Å². The van der Waals surface area contributed by atoms with Crippen molar-refractivity contribution in [1.82, 2.24) is 20.0 Å². The lowest BCUT2D eigenvalue weighted by atomic mass is 10.1. The van der Waals surface area contributed by atoms with Crippen molar-refractivity contribution in [2.24, 2.45) is 0 Å². The molecule has 156 valence electrons. The maximum atomic E-state index is 12.5. The normalized spacial score (nSPS) is 17.8. The van der Waals surface area contributed by atoms with Crippen LogP contribution in [-0.2, 0) is 21.2 Å². The summed E-state index contributed by atoms with van der Waals surface area (Å²) in [4.78, 5) is 26.1. The van der Waals surface area contributed by atoms with Crippen molar-refractivity contribution in [1.29, 1.82) is 0 Å². The molecule has 2 aromatic rings. The molecule has 29 heavy (non-hydrogen) atoms. The fraction of sp³-hybridized carbons (Fsp3) is 0.450. The predicted octanol–water partition coefficient (Wildman–Crippen LogP) is 1.25. The topological polar surface area (TPSA) is 101 Å². The standard InChI is InChI=1S/C20H26N4O4S/c1-14-18(15(2)24(22-14)17-9-10-29(27,28)13-17)12-23(3)19(25)11-21-20(26)16-7-5-4-6-8-16/h4-8,17H,9-13H2,1-3H3,(H,21,26)/t17-/m1/s1. The van der Waals surface area contributed by atoms with Gasteiger partial charge in [0.15, 0.2) is 9.84 Å². The van der Waals surface area contributed by atoms with E-state index in [0.29, 0.717) is 18.5 Å². The Morgan fingerprint density at radius 2 is 1.93 bits per heavy atom. The number of sulfone groups is 1. The second kappa shape index (κ2) is 8.36. The van der Waals surface area contributed by atoms with E-state index < -0.39 is 9.84 Å². The van der Waals surface area contributed by atoms with Gasteiger partial charge in [0.05, 0.1) is 29.8 Å². The average molecular weight is 419 g/mol. The molecule has 1 N–H and O–H groups in total. The Kier molecular flexibility index (Phi) is 6.07. The van der Waals surface area contributed by atoms with Crippen molar-refractivity contribution in [3.63, 3.8) is 0 Å². The van der Waals surface area contributed by atoms with Gasteiger partial charge in [-0.25, -0.2) is 8.42 Å². The van der Waals surface area contributed by atoms with E-state index in [9.17, 15) is 18.0 Å². The number of nitrogens with one attached hydrogen (secondary N) is 1. The zero-order chi connectivity index (χ0) is 21.2. The zero-order valence-electron chi connectivity index (χ0n) is 16.9. The summed E-state index contributed by atoms with van der Waals surface area (Å²) in [5, 5.41) is 7.16. The molecule has 3 rings (SSSR count). The number of carbonyl (C=O) groups is 2. The molecule has 0 unspecified atom stereocenters. The first-order valence-corrected chi connectivity index (χ1v) is 11.3. The largest absolute Gasteiger partial charge is 0.343 e. The molecule has 0 radical (unpaired) electrons. The van der Waals surface area contributed by atoms with Crippen LogP contribution in [0.5, 0.6) is 0 Å². The number of aromatic nitrogens is 2. The van der Waals surface area contributed by atoms with Crippen LogP contribution >= 0.6 is 0 Å². The minimum absolute atomic E-state index is 0.0999. The number of amides is 2. The van der Waals surface area contributed by atoms with Gasteiger partial charge in [0.1, 0.15) is 0 Å². The van der Waals surface area contributed by atoms with E-state index >= 15 is 0 Å². The molecule has 0 saturated carbocycles. The molecule has 1 saturated heterocycles. The van der Waals surface area contributed by atoms with Crippen LogP contribution in [0, 0.1) is 13.8 Å². The van der Waals surface area contributed by atoms with Gasteiger partial charge in [-0.15, -0.1) is 0 Å². The Labute approximate surface area is 170 Å². The van der Waals surface area contributed by atoms with Gasteiger partial charge in [-0.2, -0.15) is 5.10 Å². The molecule has 9 heteroatoms. The third kappa shape index (κ3) is 4.84. The highest BCUT2D eigenvalue weighted by molar-refractivity contribution is 7.91. The molecule has 8 nitrogen and oxygen atoms in total. The van der Waals surface area contributed by atoms with Crippen LogP contribution in [0.15, 0.2) is 30.3 Å². The summed E-state index contributed by atoms with van der Waals surface area (Å²) >= 11 is 0. The predicted molar refractivity (Wildman–Crippen MR) is 109 cm³/mol. The number of nitrogens with zero attached hydrogens (tertiary/aromatic N) is 3. The summed E-state index contributed by atoms with van der Waals surface area (Å²) in [6.07, 6.45) is 0.560. The first-order valence-electron chi connectivity index (χ1n) is 9.50. The summed E-state index contributed by atoms with van der Waals surface area (Å²) in [6, 6.07) is 8.57. The van der Waals surface area contributed by atoms with E-state index in [1.807, 2.05) is 19.9 Å². The summed E-state index contributed by atoms with van der Waals surface area (Å²) in [6.45, 7) is 4.00. The number of rotatable bonds is 6. The molecule has 1 aromatic heterocycles. The molecule has 2 heterocycles. The third-order valence-electron chi connectivity index (χ3n) is 5.29. The number of carbonyl (C=O) groups excluding carboxylic acids is 2. The Morgan fingerprint density at radius 1 is 1.24 bits per heavy atom. The van der Waals surface area contributed by atoms with Gasteiger partial charge >= 0.3 is 0 Å². The van der Waals surface area contributed by atoms with Gasteiger partial charge in [0.25, 0.3) is 5.91 Å². The Balaban J connectivity index is 1.62. The van der Waals surface area contributed by atoms with Gasteiger partial charge in [0.2, 0.25) is 5.91 Å². The average Bonchev–Trinajstić information content (AvgIpc) is 3.19. The number of aryl methyl sites for hydroxylation is 1. The van der Waals surface area contributed by atoms with Crippen LogP contribution in [-0.4, -0.2) is 60.0 Å². The summed E-state index contributed by atoms with van der Waals surface area (Å²) in [5.41, 5.74) is 3.05. The summed E-state index contributed by atoms with van der Waals surface area (Å²) in [5.74, 6) is -0.223. The fourth-order valence-corrected chi connectivity index (χ4v) is 5.25. The quantitative estimate of drug-likeness (QED) is 0.761. The minimum atomic E-state index is -3.00. The van der Waals surface area contributed by atoms with E-state index in [1.54, 1.807) is 36.0 Å². The van der Waals surface area contributed by atoms with Gasteiger partial charge < -0.3 is 10.2 Å². The monoisotopic (exact) mass is 418 g/mol. The zero-order valence-corrected chi connectivity index (χ0v) is 17.7. The van der Waals surface area contributed by atoms with Crippen LogP contribution in [0.25, 0.3) is 0 Å². The second-order valence-corrected chi connectivity index (χ2v) is 9.68. The molecule has 1 aliphatic rings. The smallest absolute Gasteiger partial charge is 0.251 e. The SMILES string of the molecule is Cc1nn([C@@H]2CCS(=O)(=O)C2)c(C)c1CN(C)C(=O)CNC(=O)c1ccccc1. The van der Waals surface area contributed by atoms with Crippen LogP contribution in [0.1, 0.15) is 39.8 Å². The number of likely N-dealkylation sites (N-methyl/N-ethyl adjacent to an activating group) is 1. The molecule has 1 atom stereocenters. The fourth-order valence-electron chi connectivity index (χ4n) is 3.56. The molecule has 1 aliphatic heterocycles. The van der Waals surface area contributed by atoms with Crippen molar-refractivity contribution in [2.75, 3.05) is 25.1 Å². The first-order chi connectivity index (χ1) is 13.7.